The number of allylic oxidation sites excluding steroid dienone is 1. The Hall–Kier alpha value is -2.20. The molecular formula is C19H22N2OS. The monoisotopic (exact) mass is 326 g/mol. The van der Waals surface area contributed by atoms with Gasteiger partial charge in [-0.2, -0.15) is 0 Å². The minimum Gasteiger partial charge on any atom is -0.493 e. The largest absolute Gasteiger partial charge is 0.493 e. The maximum atomic E-state index is 5.98. The van der Waals surface area contributed by atoms with E-state index in [-0.39, 0.29) is 0 Å². The molecule has 23 heavy (non-hydrogen) atoms. The molecule has 1 aromatic heterocycles. The summed E-state index contributed by atoms with van der Waals surface area (Å²) in [4.78, 5) is 3.62. The van der Waals surface area contributed by atoms with Crippen molar-refractivity contribution >= 4 is 17.0 Å². The van der Waals surface area contributed by atoms with Crippen molar-refractivity contribution in [3.63, 3.8) is 0 Å². The highest BCUT2D eigenvalue weighted by Crippen LogP contribution is 2.19. The Bertz CT molecular complexity index is 704. The average molecular weight is 326 g/mol. The third-order valence-electron chi connectivity index (χ3n) is 4.04. The fourth-order valence-electron chi connectivity index (χ4n) is 2.56. The van der Waals surface area contributed by atoms with Gasteiger partial charge < -0.3 is 15.4 Å². The molecule has 0 fully saturated rings. The summed E-state index contributed by atoms with van der Waals surface area (Å²) < 4.78 is 5.83. The molecule has 0 saturated carbocycles. The third kappa shape index (κ3) is 4.17. The maximum absolute atomic E-state index is 5.98. The lowest BCUT2D eigenvalue weighted by molar-refractivity contribution is 0.221. The quantitative estimate of drug-likeness (QED) is 0.812. The first-order valence-corrected chi connectivity index (χ1v) is 8.72. The van der Waals surface area contributed by atoms with Gasteiger partial charge in [0.25, 0.3) is 0 Å². The van der Waals surface area contributed by atoms with Crippen LogP contribution in [-0.4, -0.2) is 18.1 Å². The van der Waals surface area contributed by atoms with Gasteiger partial charge in [0.15, 0.2) is 0 Å². The third-order valence-corrected chi connectivity index (χ3v) is 4.97. The Morgan fingerprint density at radius 1 is 1.26 bits per heavy atom. The van der Waals surface area contributed by atoms with Crippen LogP contribution in [0.1, 0.15) is 16.0 Å². The van der Waals surface area contributed by atoms with Crippen molar-refractivity contribution in [3.8, 4) is 0 Å². The highest BCUT2D eigenvalue weighted by molar-refractivity contribution is 7.09. The van der Waals surface area contributed by atoms with Crippen LogP contribution in [0.15, 0.2) is 59.8 Å². The van der Waals surface area contributed by atoms with Crippen molar-refractivity contribution in [3.05, 3.63) is 75.8 Å². The predicted molar refractivity (Wildman–Crippen MR) is 97.2 cm³/mol. The van der Waals surface area contributed by atoms with Crippen LogP contribution in [0.25, 0.3) is 0 Å². The van der Waals surface area contributed by atoms with Gasteiger partial charge >= 0.3 is 0 Å². The normalized spacial score (nSPS) is 14.0. The first-order chi connectivity index (χ1) is 11.2. The molecule has 0 bridgehead atoms. The lowest BCUT2D eigenvalue weighted by Gasteiger charge is -2.24. The second-order valence-electron chi connectivity index (χ2n) is 5.66. The van der Waals surface area contributed by atoms with Gasteiger partial charge in [-0.05, 0) is 47.7 Å². The highest BCUT2D eigenvalue weighted by Gasteiger charge is 2.09. The topological polar surface area (TPSA) is 38.5 Å². The van der Waals surface area contributed by atoms with Crippen molar-refractivity contribution in [1.82, 2.24) is 4.90 Å². The molecule has 3 rings (SSSR count). The van der Waals surface area contributed by atoms with Crippen LogP contribution in [0, 0.1) is 6.92 Å². The standard InChI is InChI=1S/C19H22N2OS/c1-15-16(4-2-6-19(15)20)14-21-10-7-17(8-11-21)22-12-9-18-5-3-13-23-18/h2-8,10,13H,9,11-12,14,20H2,1H3. The van der Waals surface area contributed by atoms with Crippen LogP contribution < -0.4 is 5.73 Å². The number of hydrogen-bond acceptors (Lipinski definition) is 4. The molecule has 2 N–H and O–H groups in total. The molecule has 2 heterocycles. The van der Waals surface area contributed by atoms with E-state index in [9.17, 15) is 0 Å². The lowest BCUT2D eigenvalue weighted by Crippen LogP contribution is -2.20. The van der Waals surface area contributed by atoms with E-state index >= 15 is 0 Å². The van der Waals surface area contributed by atoms with E-state index < -0.39 is 0 Å². The van der Waals surface area contributed by atoms with Crippen LogP contribution in [0.4, 0.5) is 5.69 Å². The molecule has 1 aliphatic heterocycles. The smallest absolute Gasteiger partial charge is 0.118 e. The SMILES string of the molecule is Cc1c(N)cccc1CN1C=CC(OCCc2cccs2)=CC1. The predicted octanol–water partition coefficient (Wildman–Crippen LogP) is 4.11. The second-order valence-corrected chi connectivity index (χ2v) is 6.69. The van der Waals surface area contributed by atoms with Crippen molar-refractivity contribution in [2.75, 3.05) is 18.9 Å². The van der Waals surface area contributed by atoms with Crippen LogP contribution in [-0.2, 0) is 17.7 Å². The minimum absolute atomic E-state index is 0.727. The summed E-state index contributed by atoms with van der Waals surface area (Å²) in [7, 11) is 0. The molecule has 0 unspecified atom stereocenters. The van der Waals surface area contributed by atoms with Gasteiger partial charge in [-0.25, -0.2) is 0 Å². The average Bonchev–Trinajstić information content (AvgIpc) is 3.07. The molecule has 2 aromatic rings. The Balaban J connectivity index is 1.48. The molecule has 1 aliphatic rings. The molecular weight excluding hydrogens is 304 g/mol. The van der Waals surface area contributed by atoms with E-state index in [0.29, 0.717) is 0 Å². The number of benzene rings is 1. The number of ether oxygens (including phenoxy) is 1. The van der Waals surface area contributed by atoms with Crippen LogP contribution in [0.5, 0.6) is 0 Å². The molecule has 0 amide bonds. The molecule has 1 aromatic carbocycles. The number of nitrogens with two attached hydrogens (primary N) is 1. The van der Waals surface area contributed by atoms with Gasteiger partial charge in [0, 0.05) is 36.3 Å². The number of hydrogen-bond donors (Lipinski definition) is 1. The zero-order chi connectivity index (χ0) is 16.1. The fraction of sp³-hybridized carbons (Fsp3) is 0.263. The summed E-state index contributed by atoms with van der Waals surface area (Å²) in [5.74, 6) is 0.960. The number of rotatable bonds is 6. The number of thiophene rings is 1. The summed E-state index contributed by atoms with van der Waals surface area (Å²) in [6.07, 6.45) is 7.24. The Kier molecular flexibility index (Phi) is 5.03. The van der Waals surface area contributed by atoms with Crippen molar-refractivity contribution < 1.29 is 4.74 Å². The Morgan fingerprint density at radius 2 is 2.17 bits per heavy atom. The van der Waals surface area contributed by atoms with E-state index in [0.717, 1.165) is 37.6 Å². The maximum Gasteiger partial charge on any atom is 0.118 e. The second kappa shape index (κ2) is 7.38. The summed E-state index contributed by atoms with van der Waals surface area (Å²) in [6.45, 7) is 4.53. The van der Waals surface area contributed by atoms with Gasteiger partial charge in [0.1, 0.15) is 5.76 Å². The molecule has 0 aliphatic carbocycles. The summed E-state index contributed by atoms with van der Waals surface area (Å²) in [6, 6.07) is 10.3. The zero-order valence-electron chi connectivity index (χ0n) is 13.4. The first-order valence-electron chi connectivity index (χ1n) is 7.84. The summed E-state index contributed by atoms with van der Waals surface area (Å²) >= 11 is 1.78. The van der Waals surface area contributed by atoms with E-state index in [1.54, 1.807) is 11.3 Å². The Morgan fingerprint density at radius 3 is 2.91 bits per heavy atom. The van der Waals surface area contributed by atoms with Crippen LogP contribution >= 0.6 is 11.3 Å². The highest BCUT2D eigenvalue weighted by atomic mass is 32.1. The van der Waals surface area contributed by atoms with Crippen molar-refractivity contribution in [1.29, 1.82) is 0 Å². The van der Waals surface area contributed by atoms with Gasteiger partial charge in [0.05, 0.1) is 6.61 Å². The van der Waals surface area contributed by atoms with Crippen molar-refractivity contribution in [2.24, 2.45) is 0 Å². The minimum atomic E-state index is 0.727. The van der Waals surface area contributed by atoms with E-state index in [2.05, 4.69) is 47.7 Å². The van der Waals surface area contributed by atoms with E-state index in [4.69, 9.17) is 10.5 Å². The molecule has 0 radical (unpaired) electrons. The molecule has 0 atom stereocenters. The van der Waals surface area contributed by atoms with Crippen molar-refractivity contribution in [2.45, 2.75) is 19.9 Å². The number of nitrogens with zero attached hydrogens (tertiary/aromatic N) is 1. The van der Waals surface area contributed by atoms with Crippen LogP contribution in [0.3, 0.4) is 0 Å². The van der Waals surface area contributed by atoms with Gasteiger partial charge in [-0.15, -0.1) is 11.3 Å². The van der Waals surface area contributed by atoms with Gasteiger partial charge in [-0.3, -0.25) is 0 Å². The fourth-order valence-corrected chi connectivity index (χ4v) is 3.25. The zero-order valence-corrected chi connectivity index (χ0v) is 14.2. The molecule has 120 valence electrons. The first kappa shape index (κ1) is 15.7. The molecule has 4 heteroatoms. The summed E-state index contributed by atoms with van der Waals surface area (Å²) in [5.41, 5.74) is 9.27. The van der Waals surface area contributed by atoms with Crippen LogP contribution in [0.2, 0.25) is 0 Å². The summed E-state index contributed by atoms with van der Waals surface area (Å²) in [5, 5.41) is 2.10. The Labute approximate surface area is 141 Å². The van der Waals surface area contributed by atoms with Gasteiger partial charge in [-0.1, -0.05) is 18.2 Å². The van der Waals surface area contributed by atoms with E-state index in [1.165, 1.54) is 16.0 Å². The number of anilines is 1. The van der Waals surface area contributed by atoms with E-state index in [1.807, 2.05) is 18.2 Å². The number of nitrogen functional groups attached to an aromatic ring is 1. The van der Waals surface area contributed by atoms with Gasteiger partial charge in [0.2, 0.25) is 0 Å². The molecule has 0 spiro atoms. The lowest BCUT2D eigenvalue weighted by atomic mass is 10.1. The molecule has 3 nitrogen and oxygen atoms in total. The molecule has 0 saturated heterocycles.